The minimum Gasteiger partial charge on any atom is -0.467 e. The lowest BCUT2D eigenvalue weighted by Gasteiger charge is -2.03. The van der Waals surface area contributed by atoms with E-state index in [9.17, 15) is 0 Å². The summed E-state index contributed by atoms with van der Waals surface area (Å²) in [6.45, 7) is 0. The Morgan fingerprint density at radius 1 is 1.06 bits per heavy atom. The minimum absolute atomic E-state index is 0.0735. The maximum atomic E-state index is 5.92. The van der Waals surface area contributed by atoms with E-state index in [1.54, 1.807) is 12.1 Å². The maximum Gasteiger partial charge on any atom is 0.321 e. The first-order chi connectivity index (χ1) is 8.58. The summed E-state index contributed by atoms with van der Waals surface area (Å²) in [6.07, 6.45) is 0. The number of aromatic nitrogens is 3. The summed E-state index contributed by atoms with van der Waals surface area (Å²) in [5.41, 5.74) is 0. The molecule has 0 N–H and O–H groups in total. The predicted molar refractivity (Wildman–Crippen MR) is 72.0 cm³/mol. The Kier molecular flexibility index (Phi) is 4.50. The van der Waals surface area contributed by atoms with Crippen molar-refractivity contribution in [2.45, 2.75) is 10.1 Å². The first-order valence-corrected chi connectivity index (χ1v) is 6.62. The van der Waals surface area contributed by atoms with Gasteiger partial charge in [0, 0.05) is 4.90 Å². The molecule has 1 heterocycles. The smallest absolute Gasteiger partial charge is 0.321 e. The molecule has 0 aliphatic rings. The summed E-state index contributed by atoms with van der Waals surface area (Å²) in [5.74, 6) is 0. The highest BCUT2D eigenvalue weighted by atomic mass is 35.5. The zero-order chi connectivity index (χ0) is 13.1. The van der Waals surface area contributed by atoms with E-state index < -0.39 is 0 Å². The second-order valence-electron chi connectivity index (χ2n) is 3.05. The van der Waals surface area contributed by atoms with Crippen LogP contribution in [-0.4, -0.2) is 22.1 Å². The van der Waals surface area contributed by atoms with Gasteiger partial charge in [-0.1, -0.05) is 23.2 Å². The van der Waals surface area contributed by atoms with Crippen molar-refractivity contribution in [1.82, 2.24) is 15.0 Å². The molecule has 0 saturated carbocycles. The molecule has 0 unspecified atom stereocenters. The summed E-state index contributed by atoms with van der Waals surface area (Å²) >= 11 is 18.8. The van der Waals surface area contributed by atoms with Crippen molar-refractivity contribution in [3.63, 3.8) is 0 Å². The Bertz CT molecular complexity index is 582. The van der Waals surface area contributed by atoms with Gasteiger partial charge in [0.25, 0.3) is 0 Å². The van der Waals surface area contributed by atoms with E-state index in [1.807, 2.05) is 6.07 Å². The van der Waals surface area contributed by atoms with E-state index in [-0.39, 0.29) is 11.3 Å². The van der Waals surface area contributed by atoms with Crippen LogP contribution in [-0.2, 0) is 0 Å². The van der Waals surface area contributed by atoms with Crippen LogP contribution in [0.15, 0.2) is 28.3 Å². The molecule has 2 rings (SSSR count). The molecule has 1 aromatic heterocycles. The highest BCUT2D eigenvalue weighted by Gasteiger charge is 2.08. The summed E-state index contributed by atoms with van der Waals surface area (Å²) in [6, 6.07) is 5.39. The number of rotatable bonds is 3. The molecule has 2 aromatic rings. The molecule has 0 aliphatic carbocycles. The average molecular weight is 323 g/mol. The monoisotopic (exact) mass is 321 g/mol. The van der Waals surface area contributed by atoms with E-state index in [4.69, 9.17) is 39.5 Å². The highest BCUT2D eigenvalue weighted by Crippen LogP contribution is 2.31. The molecule has 0 fully saturated rings. The third-order valence-electron chi connectivity index (χ3n) is 1.85. The average Bonchev–Trinajstić information content (AvgIpc) is 2.33. The number of benzene rings is 1. The van der Waals surface area contributed by atoms with Gasteiger partial charge in [-0.2, -0.15) is 15.0 Å². The Balaban J connectivity index is 2.27. The van der Waals surface area contributed by atoms with Crippen molar-refractivity contribution in [3.05, 3.63) is 33.5 Å². The molecule has 0 aliphatic heterocycles. The van der Waals surface area contributed by atoms with Gasteiger partial charge in [-0.3, -0.25) is 0 Å². The van der Waals surface area contributed by atoms with Crippen molar-refractivity contribution in [3.8, 4) is 6.01 Å². The second kappa shape index (κ2) is 5.93. The number of nitrogens with zero attached hydrogens (tertiary/aromatic N) is 3. The zero-order valence-electron chi connectivity index (χ0n) is 9.02. The molecular formula is C10H6Cl3N3OS. The van der Waals surface area contributed by atoms with E-state index in [1.165, 1.54) is 18.9 Å². The normalized spacial score (nSPS) is 10.4. The van der Waals surface area contributed by atoms with Crippen molar-refractivity contribution in [2.24, 2.45) is 0 Å². The fraction of sp³-hybridized carbons (Fsp3) is 0.100. The fourth-order valence-corrected chi connectivity index (χ4v) is 2.44. The van der Waals surface area contributed by atoms with Crippen LogP contribution in [0.2, 0.25) is 15.3 Å². The Morgan fingerprint density at radius 2 is 1.83 bits per heavy atom. The van der Waals surface area contributed by atoms with Crippen molar-refractivity contribution >= 4 is 46.6 Å². The van der Waals surface area contributed by atoms with Gasteiger partial charge in [-0.05, 0) is 41.6 Å². The quantitative estimate of drug-likeness (QED) is 0.855. The van der Waals surface area contributed by atoms with Crippen LogP contribution in [0, 0.1) is 0 Å². The van der Waals surface area contributed by atoms with Crippen LogP contribution in [0.3, 0.4) is 0 Å². The Hall–Kier alpha value is -0.750. The van der Waals surface area contributed by atoms with Crippen molar-refractivity contribution in [1.29, 1.82) is 0 Å². The van der Waals surface area contributed by atoms with Gasteiger partial charge in [0.15, 0.2) is 5.16 Å². The Labute approximate surface area is 123 Å². The molecule has 0 bridgehead atoms. The fourth-order valence-electron chi connectivity index (χ4n) is 1.10. The van der Waals surface area contributed by atoms with Crippen molar-refractivity contribution in [2.75, 3.05) is 7.11 Å². The summed E-state index contributed by atoms with van der Waals surface area (Å²) in [5, 5.41) is 1.45. The molecule has 8 heteroatoms. The predicted octanol–water partition coefficient (Wildman–Crippen LogP) is 3.99. The number of methoxy groups -OCH3 is 1. The van der Waals surface area contributed by atoms with Gasteiger partial charge < -0.3 is 4.74 Å². The Morgan fingerprint density at radius 3 is 2.50 bits per heavy atom. The highest BCUT2D eigenvalue weighted by molar-refractivity contribution is 7.99. The molecule has 0 amide bonds. The van der Waals surface area contributed by atoms with E-state index in [0.29, 0.717) is 15.2 Å². The molecular weight excluding hydrogens is 317 g/mol. The lowest BCUT2D eigenvalue weighted by atomic mass is 10.4. The molecule has 4 nitrogen and oxygen atoms in total. The van der Waals surface area contributed by atoms with E-state index in [2.05, 4.69) is 15.0 Å². The van der Waals surface area contributed by atoms with Crippen LogP contribution in [0.4, 0.5) is 0 Å². The van der Waals surface area contributed by atoms with Crippen LogP contribution in [0.25, 0.3) is 0 Å². The molecule has 0 atom stereocenters. The minimum atomic E-state index is 0.0735. The van der Waals surface area contributed by atoms with Gasteiger partial charge in [0.05, 0.1) is 17.2 Å². The molecule has 1 aromatic carbocycles. The molecule has 18 heavy (non-hydrogen) atoms. The van der Waals surface area contributed by atoms with Crippen LogP contribution in [0.5, 0.6) is 6.01 Å². The van der Waals surface area contributed by atoms with Crippen LogP contribution in [0.1, 0.15) is 0 Å². The third-order valence-corrected chi connectivity index (χ3v) is 3.61. The largest absolute Gasteiger partial charge is 0.467 e. The number of hydrogen-bond donors (Lipinski definition) is 0. The topological polar surface area (TPSA) is 47.9 Å². The third kappa shape index (κ3) is 3.38. The van der Waals surface area contributed by atoms with Crippen LogP contribution < -0.4 is 4.74 Å². The maximum absolute atomic E-state index is 5.92. The van der Waals surface area contributed by atoms with E-state index in [0.717, 1.165) is 4.90 Å². The summed E-state index contributed by atoms with van der Waals surface area (Å²) in [4.78, 5) is 12.7. The first-order valence-electron chi connectivity index (χ1n) is 4.67. The van der Waals surface area contributed by atoms with Crippen molar-refractivity contribution < 1.29 is 4.74 Å². The van der Waals surface area contributed by atoms with Gasteiger partial charge in [-0.15, -0.1) is 0 Å². The van der Waals surface area contributed by atoms with Crippen LogP contribution >= 0.6 is 46.6 Å². The molecule has 0 saturated heterocycles. The number of hydrogen-bond acceptors (Lipinski definition) is 5. The zero-order valence-corrected chi connectivity index (χ0v) is 12.1. The van der Waals surface area contributed by atoms with Gasteiger partial charge in [-0.25, -0.2) is 0 Å². The van der Waals surface area contributed by atoms with Gasteiger partial charge >= 0.3 is 6.01 Å². The second-order valence-corrected chi connectivity index (χ2v) is 5.24. The molecule has 0 radical (unpaired) electrons. The standard InChI is InChI=1S/C10H6Cl3N3OS/c1-17-9-14-8(13)15-10(16-9)18-5-2-3-6(11)7(12)4-5/h2-4H,1H3. The number of halogens is 3. The van der Waals surface area contributed by atoms with Gasteiger partial charge in [0.2, 0.25) is 5.28 Å². The summed E-state index contributed by atoms with van der Waals surface area (Å²) < 4.78 is 4.91. The lowest BCUT2D eigenvalue weighted by molar-refractivity contribution is 0.373. The van der Waals surface area contributed by atoms with Gasteiger partial charge in [0.1, 0.15) is 0 Å². The first kappa shape index (κ1) is 13.7. The molecule has 0 spiro atoms. The van der Waals surface area contributed by atoms with E-state index >= 15 is 0 Å². The number of ether oxygens (including phenoxy) is 1. The summed E-state index contributed by atoms with van der Waals surface area (Å²) in [7, 11) is 1.46. The SMILES string of the molecule is COc1nc(Cl)nc(Sc2ccc(Cl)c(Cl)c2)n1. The molecule has 94 valence electrons. The lowest BCUT2D eigenvalue weighted by Crippen LogP contribution is -1.96.